The summed E-state index contributed by atoms with van der Waals surface area (Å²) in [5, 5.41) is 1.46. The number of thiocarbonyl (C=S) groups is 1. The van der Waals surface area contributed by atoms with Crippen molar-refractivity contribution in [1.82, 2.24) is 4.90 Å². The molecule has 0 atom stereocenters. The summed E-state index contributed by atoms with van der Waals surface area (Å²) in [5.41, 5.74) is 2.80. The smallest absolute Gasteiger partial charge is 0.258 e. The number of anilines is 1. The van der Waals surface area contributed by atoms with Crippen molar-refractivity contribution in [1.29, 1.82) is 0 Å². The number of benzene rings is 3. The van der Waals surface area contributed by atoms with Gasteiger partial charge in [-0.25, -0.2) is 4.85 Å². The molecule has 3 aromatic carbocycles. The average molecular weight is 539 g/mol. The van der Waals surface area contributed by atoms with Gasteiger partial charge in [0.15, 0.2) is 5.11 Å². The zero-order valence-corrected chi connectivity index (χ0v) is 22.5. The third kappa shape index (κ3) is 4.79. The van der Waals surface area contributed by atoms with Gasteiger partial charge in [-0.2, -0.15) is 0 Å². The number of carbonyl (C=O) groups is 1. The van der Waals surface area contributed by atoms with Crippen LogP contribution in [0.5, 0.6) is 5.75 Å². The highest BCUT2D eigenvalue weighted by molar-refractivity contribution is 7.80. The van der Waals surface area contributed by atoms with Gasteiger partial charge in [-0.1, -0.05) is 59.6 Å². The number of rotatable bonds is 7. The average Bonchev–Trinajstić information content (AvgIpc) is 3.03. The highest BCUT2D eigenvalue weighted by Gasteiger charge is 2.49. The number of ether oxygens (including phenoxy) is 1. The van der Waals surface area contributed by atoms with Crippen molar-refractivity contribution >= 4 is 57.8 Å². The van der Waals surface area contributed by atoms with Gasteiger partial charge in [0.1, 0.15) is 11.3 Å². The zero-order chi connectivity index (χ0) is 26.0. The zero-order valence-electron chi connectivity index (χ0n) is 20.2. The van der Waals surface area contributed by atoms with Crippen molar-refractivity contribution < 1.29 is 9.53 Å². The molecule has 5 nitrogen and oxygen atoms in total. The van der Waals surface area contributed by atoms with Crippen LogP contribution < -0.4 is 9.64 Å². The molecule has 0 N–H and O–H groups in total. The molecule has 1 aliphatic rings. The molecule has 184 valence electrons. The quantitative estimate of drug-likeness (QED) is 0.176. The second-order valence-corrected chi connectivity index (χ2v) is 10.1. The maximum absolute atomic E-state index is 13.3. The van der Waals surface area contributed by atoms with E-state index < -0.39 is 5.54 Å². The lowest BCUT2D eigenvalue weighted by molar-refractivity contribution is -0.123. The van der Waals surface area contributed by atoms with E-state index >= 15 is 0 Å². The Kier molecular flexibility index (Phi) is 7.56. The Hall–Kier alpha value is -3.11. The third-order valence-corrected chi connectivity index (χ3v) is 7.57. The predicted octanol–water partition coefficient (Wildman–Crippen LogP) is 7.70. The lowest BCUT2D eigenvalue weighted by Crippen LogP contribution is -2.44. The largest absolute Gasteiger partial charge is 0.494 e. The van der Waals surface area contributed by atoms with Crippen LogP contribution in [0.1, 0.15) is 25.8 Å². The van der Waals surface area contributed by atoms with Gasteiger partial charge < -0.3 is 9.64 Å². The minimum Gasteiger partial charge on any atom is -0.494 e. The molecular weight excluding hydrogens is 513 g/mol. The van der Waals surface area contributed by atoms with E-state index in [1.54, 1.807) is 19.1 Å². The molecule has 0 unspecified atom stereocenters. The van der Waals surface area contributed by atoms with Gasteiger partial charge in [-0.3, -0.25) is 9.69 Å². The fraction of sp³-hybridized carbons (Fsp3) is 0.250. The highest BCUT2D eigenvalue weighted by atomic mass is 35.5. The van der Waals surface area contributed by atoms with E-state index in [0.29, 0.717) is 51.7 Å². The van der Waals surface area contributed by atoms with Gasteiger partial charge in [0.2, 0.25) is 5.69 Å². The minimum absolute atomic E-state index is 0.127. The first-order valence-electron chi connectivity index (χ1n) is 11.5. The third-order valence-electron chi connectivity index (χ3n) is 6.36. The number of nitrogens with zero attached hydrogens (tertiary/aromatic N) is 3. The van der Waals surface area contributed by atoms with Crippen LogP contribution in [0.4, 0.5) is 11.4 Å². The summed E-state index contributed by atoms with van der Waals surface area (Å²) in [7, 11) is 0. The Labute approximate surface area is 227 Å². The summed E-state index contributed by atoms with van der Waals surface area (Å²) in [5.74, 6) is 0.634. The summed E-state index contributed by atoms with van der Waals surface area (Å²) in [6, 6.07) is 18.9. The van der Waals surface area contributed by atoms with Crippen molar-refractivity contribution in [2.24, 2.45) is 0 Å². The standard InChI is InChI=1S/C28H25Cl2N3O2S/c1-18-24(15-14-23(31-4)25(18)30)33-26(34)28(2,3)32(27(33)36)16-7-17-35-20-12-10-19(11-13-20)21-8-5-6-9-22(21)29/h5-6,8-15H,7,16-17H2,1-3H3. The number of hydrogen-bond acceptors (Lipinski definition) is 3. The number of carbonyl (C=O) groups excluding carboxylic acids is 1. The Morgan fingerprint density at radius 1 is 1.06 bits per heavy atom. The Balaban J connectivity index is 1.40. The van der Waals surface area contributed by atoms with Crippen LogP contribution in [0.3, 0.4) is 0 Å². The fourth-order valence-corrected chi connectivity index (χ4v) is 5.20. The van der Waals surface area contributed by atoms with Gasteiger partial charge in [0.05, 0.1) is 23.9 Å². The summed E-state index contributed by atoms with van der Waals surface area (Å²) in [6.07, 6.45) is 0.674. The summed E-state index contributed by atoms with van der Waals surface area (Å²) in [4.78, 5) is 20.2. The molecule has 1 amide bonds. The van der Waals surface area contributed by atoms with Crippen LogP contribution in [-0.2, 0) is 4.79 Å². The molecule has 3 aromatic rings. The van der Waals surface area contributed by atoms with E-state index in [4.69, 9.17) is 46.7 Å². The van der Waals surface area contributed by atoms with Crippen molar-refractivity contribution in [3.8, 4) is 16.9 Å². The lowest BCUT2D eigenvalue weighted by Gasteiger charge is -2.29. The number of halogens is 2. The van der Waals surface area contributed by atoms with E-state index in [-0.39, 0.29) is 5.91 Å². The van der Waals surface area contributed by atoms with Crippen LogP contribution in [0.25, 0.3) is 16.0 Å². The van der Waals surface area contributed by atoms with E-state index in [2.05, 4.69) is 4.85 Å². The lowest BCUT2D eigenvalue weighted by atomic mass is 10.0. The maximum Gasteiger partial charge on any atom is 0.258 e. The van der Waals surface area contributed by atoms with E-state index in [1.807, 2.05) is 67.3 Å². The molecular formula is C28H25Cl2N3O2S. The van der Waals surface area contributed by atoms with Gasteiger partial charge in [0, 0.05) is 17.1 Å². The molecule has 0 aromatic heterocycles. The van der Waals surface area contributed by atoms with Crippen molar-refractivity contribution in [2.75, 3.05) is 18.1 Å². The van der Waals surface area contributed by atoms with Crippen LogP contribution in [-0.4, -0.2) is 34.6 Å². The van der Waals surface area contributed by atoms with E-state index in [9.17, 15) is 4.79 Å². The van der Waals surface area contributed by atoms with E-state index in [1.165, 1.54) is 4.90 Å². The van der Waals surface area contributed by atoms with Crippen molar-refractivity contribution in [3.05, 3.63) is 87.7 Å². The topological polar surface area (TPSA) is 37.1 Å². The molecule has 0 spiro atoms. The van der Waals surface area contributed by atoms with Gasteiger partial charge in [0.25, 0.3) is 5.91 Å². The maximum atomic E-state index is 13.3. The Morgan fingerprint density at radius 2 is 1.75 bits per heavy atom. The first kappa shape index (κ1) is 26.0. The number of hydrogen-bond donors (Lipinski definition) is 0. The Bertz CT molecular complexity index is 1370. The van der Waals surface area contributed by atoms with Crippen LogP contribution >= 0.6 is 35.4 Å². The first-order valence-corrected chi connectivity index (χ1v) is 12.6. The van der Waals surface area contributed by atoms with E-state index in [0.717, 1.165) is 16.9 Å². The summed E-state index contributed by atoms with van der Waals surface area (Å²) in [6.45, 7) is 13.8. The van der Waals surface area contributed by atoms with Crippen molar-refractivity contribution in [2.45, 2.75) is 32.7 Å². The molecule has 36 heavy (non-hydrogen) atoms. The molecule has 0 aliphatic carbocycles. The molecule has 1 saturated heterocycles. The molecule has 0 saturated carbocycles. The van der Waals surface area contributed by atoms with Gasteiger partial charge >= 0.3 is 0 Å². The highest BCUT2D eigenvalue weighted by Crippen LogP contribution is 2.39. The van der Waals surface area contributed by atoms with Crippen molar-refractivity contribution in [3.63, 3.8) is 0 Å². The molecule has 1 heterocycles. The van der Waals surface area contributed by atoms with Crippen LogP contribution in [0, 0.1) is 13.5 Å². The minimum atomic E-state index is -0.814. The summed E-state index contributed by atoms with van der Waals surface area (Å²) < 4.78 is 5.94. The molecule has 0 bridgehead atoms. The van der Waals surface area contributed by atoms with Gasteiger partial charge in [-0.15, -0.1) is 0 Å². The van der Waals surface area contributed by atoms with Gasteiger partial charge in [-0.05, 0) is 74.8 Å². The monoisotopic (exact) mass is 537 g/mol. The second kappa shape index (κ2) is 10.5. The molecule has 8 heteroatoms. The summed E-state index contributed by atoms with van der Waals surface area (Å²) >= 11 is 18.4. The first-order chi connectivity index (χ1) is 17.2. The molecule has 1 fully saturated rings. The van der Waals surface area contributed by atoms with Crippen LogP contribution in [0.15, 0.2) is 60.7 Å². The molecule has 0 radical (unpaired) electrons. The second-order valence-electron chi connectivity index (χ2n) is 8.99. The Morgan fingerprint density at radius 3 is 2.42 bits per heavy atom. The molecule has 4 rings (SSSR count). The van der Waals surface area contributed by atoms with Crippen LogP contribution in [0.2, 0.25) is 10.0 Å². The SMILES string of the molecule is [C-]#[N+]c1ccc(N2C(=O)C(C)(C)N(CCCOc3ccc(-c4ccccc4Cl)cc3)C2=S)c(C)c1Cl. The molecule has 1 aliphatic heterocycles. The normalized spacial score (nSPS) is 14.8. The predicted molar refractivity (Wildman–Crippen MR) is 150 cm³/mol. The number of amides is 1. The fourth-order valence-electron chi connectivity index (χ4n) is 4.25.